The number of carbonyl (C=O) groups excluding carboxylic acids is 1. The molecular weight excluding hydrogens is 228 g/mol. The third-order valence-corrected chi connectivity index (χ3v) is 2.98. The van der Waals surface area contributed by atoms with Crippen LogP contribution in [0.25, 0.3) is 0 Å². The highest BCUT2D eigenvalue weighted by Gasteiger charge is 2.17. The molecule has 4 heteroatoms. The lowest BCUT2D eigenvalue weighted by Gasteiger charge is -2.23. The van der Waals surface area contributed by atoms with Crippen molar-refractivity contribution in [3.63, 3.8) is 0 Å². The van der Waals surface area contributed by atoms with Gasteiger partial charge < -0.3 is 10.4 Å². The summed E-state index contributed by atoms with van der Waals surface area (Å²) in [6.45, 7) is 6.38. The van der Waals surface area contributed by atoms with Crippen LogP contribution in [0.5, 0.6) is 0 Å². The summed E-state index contributed by atoms with van der Waals surface area (Å²) in [5.74, 6) is -0.0593. The van der Waals surface area contributed by atoms with Gasteiger partial charge >= 0.3 is 0 Å². The fourth-order valence-corrected chi connectivity index (χ4v) is 1.85. The average Bonchev–Trinajstić information content (AvgIpc) is 2.26. The van der Waals surface area contributed by atoms with Crippen LogP contribution in [0, 0.1) is 13.8 Å². The van der Waals surface area contributed by atoms with Crippen molar-refractivity contribution in [2.24, 2.45) is 0 Å². The molecule has 1 rings (SSSR count). The molecule has 0 heterocycles. The van der Waals surface area contributed by atoms with Crippen molar-refractivity contribution in [2.45, 2.75) is 26.8 Å². The molecule has 18 heavy (non-hydrogen) atoms. The van der Waals surface area contributed by atoms with Crippen molar-refractivity contribution < 1.29 is 9.90 Å². The number of carbonyl (C=O) groups is 1. The lowest BCUT2D eigenvalue weighted by Crippen LogP contribution is -2.40. The van der Waals surface area contributed by atoms with Gasteiger partial charge in [-0.25, -0.2) is 0 Å². The number of amides is 1. The van der Waals surface area contributed by atoms with Crippen molar-refractivity contribution in [3.05, 3.63) is 29.3 Å². The van der Waals surface area contributed by atoms with Crippen LogP contribution in [0.15, 0.2) is 18.2 Å². The second-order valence-corrected chi connectivity index (χ2v) is 4.75. The van der Waals surface area contributed by atoms with Crippen molar-refractivity contribution in [1.29, 1.82) is 0 Å². The SMILES string of the molecule is Cc1cc(C)cc(NC(=O)C(C)N(C)CCO)c1. The van der Waals surface area contributed by atoms with Gasteiger partial charge in [0.15, 0.2) is 0 Å². The lowest BCUT2D eigenvalue weighted by molar-refractivity contribution is -0.120. The van der Waals surface area contributed by atoms with Crippen LogP contribution >= 0.6 is 0 Å². The molecule has 0 saturated carbocycles. The zero-order chi connectivity index (χ0) is 13.7. The summed E-state index contributed by atoms with van der Waals surface area (Å²) in [5, 5.41) is 11.8. The highest BCUT2D eigenvalue weighted by atomic mass is 16.3. The third-order valence-electron chi connectivity index (χ3n) is 2.98. The van der Waals surface area contributed by atoms with Crippen molar-refractivity contribution in [3.8, 4) is 0 Å². The highest BCUT2D eigenvalue weighted by molar-refractivity contribution is 5.94. The Morgan fingerprint density at radius 3 is 2.39 bits per heavy atom. The van der Waals surface area contributed by atoms with Gasteiger partial charge in [-0.1, -0.05) is 6.07 Å². The number of aryl methyl sites for hydroxylation is 2. The molecule has 0 bridgehead atoms. The van der Waals surface area contributed by atoms with Gasteiger partial charge in [0, 0.05) is 12.2 Å². The molecule has 1 unspecified atom stereocenters. The van der Waals surface area contributed by atoms with Gasteiger partial charge in [-0.2, -0.15) is 0 Å². The van der Waals surface area contributed by atoms with Crippen LogP contribution in [0.1, 0.15) is 18.1 Å². The number of rotatable bonds is 5. The normalized spacial score (nSPS) is 12.6. The monoisotopic (exact) mass is 250 g/mol. The fraction of sp³-hybridized carbons (Fsp3) is 0.500. The molecule has 0 saturated heterocycles. The molecule has 2 N–H and O–H groups in total. The van der Waals surface area contributed by atoms with Crippen molar-refractivity contribution >= 4 is 11.6 Å². The van der Waals surface area contributed by atoms with E-state index in [-0.39, 0.29) is 18.6 Å². The molecule has 1 aromatic rings. The average molecular weight is 250 g/mol. The Kier molecular flexibility index (Phi) is 5.31. The lowest BCUT2D eigenvalue weighted by atomic mass is 10.1. The summed E-state index contributed by atoms with van der Waals surface area (Å²) < 4.78 is 0. The van der Waals surface area contributed by atoms with E-state index >= 15 is 0 Å². The van der Waals surface area contributed by atoms with Crippen LogP contribution in [0.4, 0.5) is 5.69 Å². The fourth-order valence-electron chi connectivity index (χ4n) is 1.85. The van der Waals surface area contributed by atoms with Gasteiger partial charge in [-0.05, 0) is 51.1 Å². The molecular formula is C14H22N2O2. The molecule has 100 valence electrons. The van der Waals surface area contributed by atoms with Gasteiger partial charge in [0.05, 0.1) is 12.6 Å². The van der Waals surface area contributed by atoms with Crippen LogP contribution in [0.2, 0.25) is 0 Å². The van der Waals surface area contributed by atoms with Gasteiger partial charge in [0.2, 0.25) is 5.91 Å². The number of hydrogen-bond acceptors (Lipinski definition) is 3. The van der Waals surface area contributed by atoms with Crippen LogP contribution in [-0.2, 0) is 4.79 Å². The molecule has 1 atom stereocenters. The van der Waals surface area contributed by atoms with Crippen LogP contribution in [0.3, 0.4) is 0 Å². The predicted molar refractivity (Wildman–Crippen MR) is 73.7 cm³/mol. The van der Waals surface area contributed by atoms with E-state index in [4.69, 9.17) is 5.11 Å². The first-order chi connectivity index (χ1) is 8.43. The number of hydrogen-bond donors (Lipinski definition) is 2. The highest BCUT2D eigenvalue weighted by Crippen LogP contribution is 2.14. The second kappa shape index (κ2) is 6.52. The first-order valence-corrected chi connectivity index (χ1v) is 6.14. The Bertz CT molecular complexity index is 398. The van der Waals surface area contributed by atoms with E-state index in [9.17, 15) is 4.79 Å². The molecule has 0 aliphatic rings. The zero-order valence-corrected chi connectivity index (χ0v) is 11.5. The Labute approximate surface area is 109 Å². The summed E-state index contributed by atoms with van der Waals surface area (Å²) in [6.07, 6.45) is 0. The number of aliphatic hydroxyl groups is 1. The summed E-state index contributed by atoms with van der Waals surface area (Å²) >= 11 is 0. The summed E-state index contributed by atoms with van der Waals surface area (Å²) in [6, 6.07) is 5.70. The quantitative estimate of drug-likeness (QED) is 0.833. The topological polar surface area (TPSA) is 52.6 Å². The Morgan fingerprint density at radius 1 is 1.33 bits per heavy atom. The molecule has 0 radical (unpaired) electrons. The summed E-state index contributed by atoms with van der Waals surface area (Å²) in [7, 11) is 1.82. The van der Waals surface area contributed by atoms with Crippen LogP contribution < -0.4 is 5.32 Å². The third kappa shape index (κ3) is 4.13. The van der Waals surface area contributed by atoms with Gasteiger partial charge in [0.25, 0.3) is 0 Å². The number of benzene rings is 1. The molecule has 0 aliphatic heterocycles. The van der Waals surface area contributed by atoms with Crippen LogP contribution in [-0.4, -0.2) is 42.2 Å². The van der Waals surface area contributed by atoms with E-state index in [1.54, 1.807) is 0 Å². The number of anilines is 1. The van der Waals surface area contributed by atoms with E-state index in [1.807, 2.05) is 44.9 Å². The van der Waals surface area contributed by atoms with E-state index in [0.717, 1.165) is 16.8 Å². The minimum atomic E-state index is -0.266. The maximum atomic E-state index is 12.0. The van der Waals surface area contributed by atoms with Gasteiger partial charge in [-0.15, -0.1) is 0 Å². The van der Waals surface area contributed by atoms with Gasteiger partial charge in [-0.3, -0.25) is 9.69 Å². The first-order valence-electron chi connectivity index (χ1n) is 6.14. The maximum Gasteiger partial charge on any atom is 0.241 e. The Balaban J connectivity index is 2.69. The van der Waals surface area contributed by atoms with E-state index in [0.29, 0.717) is 6.54 Å². The second-order valence-electron chi connectivity index (χ2n) is 4.75. The first kappa shape index (κ1) is 14.7. The number of likely N-dealkylation sites (N-methyl/N-ethyl adjacent to an activating group) is 1. The summed E-state index contributed by atoms with van der Waals surface area (Å²) in [4.78, 5) is 13.8. The molecule has 4 nitrogen and oxygen atoms in total. The van der Waals surface area contributed by atoms with Crippen molar-refractivity contribution in [2.75, 3.05) is 25.5 Å². The Morgan fingerprint density at radius 2 is 1.89 bits per heavy atom. The molecule has 1 aromatic carbocycles. The zero-order valence-electron chi connectivity index (χ0n) is 11.5. The van der Waals surface area contributed by atoms with Gasteiger partial charge in [0.1, 0.15) is 0 Å². The molecule has 0 fully saturated rings. The Hall–Kier alpha value is -1.39. The number of nitrogens with zero attached hydrogens (tertiary/aromatic N) is 1. The predicted octanol–water partition coefficient (Wildman–Crippen LogP) is 1.55. The standard InChI is InChI=1S/C14H22N2O2/c1-10-7-11(2)9-13(8-10)15-14(18)12(3)16(4)5-6-17/h7-9,12,17H,5-6H2,1-4H3,(H,15,18). The maximum absolute atomic E-state index is 12.0. The molecule has 1 amide bonds. The number of aliphatic hydroxyl groups excluding tert-OH is 1. The largest absolute Gasteiger partial charge is 0.395 e. The van der Waals surface area contributed by atoms with E-state index in [1.165, 1.54) is 0 Å². The minimum Gasteiger partial charge on any atom is -0.395 e. The van der Waals surface area contributed by atoms with Crippen molar-refractivity contribution in [1.82, 2.24) is 4.90 Å². The smallest absolute Gasteiger partial charge is 0.241 e. The molecule has 0 aromatic heterocycles. The molecule has 0 spiro atoms. The van der Waals surface area contributed by atoms with E-state index < -0.39 is 0 Å². The molecule has 0 aliphatic carbocycles. The number of nitrogens with one attached hydrogen (secondary N) is 1. The summed E-state index contributed by atoms with van der Waals surface area (Å²) in [5.41, 5.74) is 3.07. The minimum absolute atomic E-state index is 0.0532. The van der Waals surface area contributed by atoms with E-state index in [2.05, 4.69) is 11.4 Å².